The highest BCUT2D eigenvalue weighted by Gasteiger charge is 2.25. The van der Waals surface area contributed by atoms with Crippen molar-refractivity contribution in [3.63, 3.8) is 0 Å². The predicted octanol–water partition coefficient (Wildman–Crippen LogP) is 2.43. The third kappa shape index (κ3) is 4.83. The monoisotopic (exact) mass is 427 g/mol. The summed E-state index contributed by atoms with van der Waals surface area (Å²) in [5.41, 5.74) is 9.81. The smallest absolute Gasteiger partial charge is 0.238 e. The van der Waals surface area contributed by atoms with Crippen molar-refractivity contribution in [1.82, 2.24) is 4.90 Å². The second-order valence-electron chi connectivity index (χ2n) is 8.10. The van der Waals surface area contributed by atoms with Crippen molar-refractivity contribution >= 4 is 21.7 Å². The molecule has 0 amide bonds. The number of nitrogens with two attached hydrogens (primary N) is 2. The average Bonchev–Trinajstić information content (AvgIpc) is 2.74. The number of hydrogen-bond donors (Lipinski definition) is 3. The van der Waals surface area contributed by atoms with Gasteiger partial charge in [-0.2, -0.15) is 0 Å². The van der Waals surface area contributed by atoms with E-state index in [1.165, 1.54) is 23.3 Å². The van der Waals surface area contributed by atoms with Gasteiger partial charge in [0.25, 0.3) is 0 Å². The standard InChI is InChI=1S/C22H29N5O2S/c23-20-7-3-4-8-21(20)26-22(25-18-9-11-19(12-10-18)30(24,28)29)27-14-13-16-5-1-2-6-17(16)15-27/h1-2,5-6,9-12,20-21H,3-4,7-8,13-15,23H2,(H,25,26)(H2,24,28,29)/t20-,21-/m0/s1. The van der Waals surface area contributed by atoms with E-state index in [1.54, 1.807) is 12.1 Å². The molecule has 7 nitrogen and oxygen atoms in total. The van der Waals surface area contributed by atoms with Crippen molar-refractivity contribution in [3.05, 3.63) is 59.7 Å². The molecule has 0 bridgehead atoms. The number of nitrogens with one attached hydrogen (secondary N) is 1. The lowest BCUT2D eigenvalue weighted by Crippen LogP contribution is -2.43. The Kier molecular flexibility index (Phi) is 6.08. The van der Waals surface area contributed by atoms with Crippen LogP contribution in [0.3, 0.4) is 0 Å². The minimum absolute atomic E-state index is 0.0670. The lowest BCUT2D eigenvalue weighted by Gasteiger charge is -2.34. The number of nitrogens with zero attached hydrogens (tertiary/aromatic N) is 2. The van der Waals surface area contributed by atoms with Gasteiger partial charge in [0.05, 0.1) is 10.9 Å². The quantitative estimate of drug-likeness (QED) is 0.514. The number of aliphatic imine (C=N–C) groups is 1. The summed E-state index contributed by atoms with van der Waals surface area (Å²) in [6.07, 6.45) is 5.23. The first-order chi connectivity index (χ1) is 14.4. The largest absolute Gasteiger partial charge is 0.338 e. The van der Waals surface area contributed by atoms with Gasteiger partial charge >= 0.3 is 0 Å². The van der Waals surface area contributed by atoms with Gasteiger partial charge in [-0.05, 0) is 54.7 Å². The third-order valence-corrected chi connectivity index (χ3v) is 6.87. The number of fused-ring (bicyclic) bond motifs is 1. The maximum Gasteiger partial charge on any atom is 0.238 e. The van der Waals surface area contributed by atoms with E-state index in [1.807, 2.05) is 0 Å². The van der Waals surface area contributed by atoms with E-state index in [4.69, 9.17) is 15.9 Å². The van der Waals surface area contributed by atoms with Crippen LogP contribution in [-0.2, 0) is 23.0 Å². The van der Waals surface area contributed by atoms with E-state index in [0.29, 0.717) is 0 Å². The third-order valence-electron chi connectivity index (χ3n) is 5.94. The van der Waals surface area contributed by atoms with Crippen LogP contribution in [0.1, 0.15) is 36.8 Å². The van der Waals surface area contributed by atoms with E-state index in [0.717, 1.165) is 56.8 Å². The maximum atomic E-state index is 11.5. The first-order valence-electron chi connectivity index (χ1n) is 10.5. The summed E-state index contributed by atoms with van der Waals surface area (Å²) in [6.45, 7) is 1.64. The van der Waals surface area contributed by atoms with Crippen LogP contribution in [0.4, 0.5) is 5.69 Å². The van der Waals surface area contributed by atoms with Gasteiger partial charge in [-0.1, -0.05) is 37.1 Å². The van der Waals surface area contributed by atoms with Crippen LogP contribution in [0.5, 0.6) is 0 Å². The van der Waals surface area contributed by atoms with Crippen molar-refractivity contribution in [3.8, 4) is 0 Å². The SMILES string of the molecule is N[C@H]1CCCC[C@@H]1N=C(Nc1ccc(S(N)(=O)=O)cc1)N1CCc2ccccc2C1. The Bertz CT molecular complexity index is 1020. The molecule has 1 aliphatic heterocycles. The van der Waals surface area contributed by atoms with Crippen LogP contribution in [0.2, 0.25) is 0 Å². The van der Waals surface area contributed by atoms with Gasteiger partial charge in [0.15, 0.2) is 5.96 Å². The number of rotatable bonds is 3. The summed E-state index contributed by atoms with van der Waals surface area (Å²) >= 11 is 0. The maximum absolute atomic E-state index is 11.5. The molecule has 0 aromatic heterocycles. The lowest BCUT2D eigenvalue weighted by atomic mass is 9.91. The van der Waals surface area contributed by atoms with Crippen LogP contribution < -0.4 is 16.2 Å². The Balaban J connectivity index is 1.61. The van der Waals surface area contributed by atoms with Crippen LogP contribution in [0.15, 0.2) is 58.4 Å². The molecule has 0 unspecified atom stereocenters. The van der Waals surface area contributed by atoms with Gasteiger partial charge in [0.1, 0.15) is 0 Å². The molecule has 1 heterocycles. The Hall–Kier alpha value is -2.42. The Labute approximate surface area is 178 Å². The van der Waals surface area contributed by atoms with Crippen LogP contribution in [0.25, 0.3) is 0 Å². The molecule has 30 heavy (non-hydrogen) atoms. The van der Waals surface area contributed by atoms with Crippen molar-refractivity contribution in [1.29, 1.82) is 0 Å². The molecule has 0 spiro atoms. The molecule has 1 aliphatic carbocycles. The summed E-state index contributed by atoms with van der Waals surface area (Å²) in [4.78, 5) is 7.38. The molecular weight excluding hydrogens is 398 g/mol. The van der Waals surface area contributed by atoms with Crippen LogP contribution in [0, 0.1) is 0 Å². The van der Waals surface area contributed by atoms with E-state index in [9.17, 15) is 8.42 Å². The highest BCUT2D eigenvalue weighted by atomic mass is 32.2. The topological polar surface area (TPSA) is 114 Å². The molecule has 2 aromatic rings. The van der Waals surface area contributed by atoms with Crippen LogP contribution in [-0.4, -0.2) is 37.9 Å². The molecule has 2 aliphatic rings. The molecular formula is C22H29N5O2S. The van der Waals surface area contributed by atoms with Gasteiger partial charge in [-0.3, -0.25) is 0 Å². The van der Waals surface area contributed by atoms with E-state index in [-0.39, 0.29) is 17.0 Å². The number of primary sulfonamides is 1. The molecule has 0 saturated heterocycles. The van der Waals surface area contributed by atoms with Crippen molar-refractivity contribution in [2.75, 3.05) is 11.9 Å². The van der Waals surface area contributed by atoms with Gasteiger partial charge < -0.3 is 16.0 Å². The Morgan fingerprint density at radius 1 is 1.03 bits per heavy atom. The van der Waals surface area contributed by atoms with Gasteiger partial charge in [-0.15, -0.1) is 0 Å². The fraction of sp³-hybridized carbons (Fsp3) is 0.409. The van der Waals surface area contributed by atoms with E-state index < -0.39 is 10.0 Å². The van der Waals surface area contributed by atoms with Crippen molar-refractivity contribution in [2.24, 2.45) is 15.9 Å². The average molecular weight is 428 g/mol. The fourth-order valence-corrected chi connectivity index (χ4v) is 4.70. The molecule has 2 aromatic carbocycles. The number of benzene rings is 2. The molecule has 160 valence electrons. The number of sulfonamides is 1. The molecule has 1 saturated carbocycles. The first-order valence-corrected chi connectivity index (χ1v) is 12.0. The zero-order chi connectivity index (χ0) is 21.1. The normalized spacial score (nSPS) is 22.5. The molecule has 0 radical (unpaired) electrons. The van der Waals surface area contributed by atoms with Gasteiger partial charge in [0, 0.05) is 24.8 Å². The highest BCUT2D eigenvalue weighted by molar-refractivity contribution is 7.89. The second-order valence-corrected chi connectivity index (χ2v) is 9.66. The minimum atomic E-state index is -3.72. The number of hydrogen-bond acceptors (Lipinski definition) is 4. The first kappa shape index (κ1) is 20.8. The van der Waals surface area contributed by atoms with E-state index >= 15 is 0 Å². The summed E-state index contributed by atoms with van der Waals surface area (Å²) < 4.78 is 23.1. The zero-order valence-electron chi connectivity index (χ0n) is 17.0. The van der Waals surface area contributed by atoms with E-state index in [2.05, 4.69) is 34.5 Å². The second kappa shape index (κ2) is 8.75. The molecule has 4 rings (SSSR count). The van der Waals surface area contributed by atoms with Crippen molar-refractivity contribution in [2.45, 2.75) is 55.6 Å². The summed E-state index contributed by atoms with van der Waals surface area (Å²) in [6, 6.07) is 15.1. The molecule has 1 fully saturated rings. The summed E-state index contributed by atoms with van der Waals surface area (Å²) in [5.74, 6) is 0.787. The zero-order valence-corrected chi connectivity index (χ0v) is 17.8. The lowest BCUT2D eigenvalue weighted by molar-refractivity contribution is 0.363. The number of guanidine groups is 1. The number of anilines is 1. The minimum Gasteiger partial charge on any atom is -0.338 e. The van der Waals surface area contributed by atoms with Crippen molar-refractivity contribution < 1.29 is 8.42 Å². The summed E-state index contributed by atoms with van der Waals surface area (Å²) in [7, 11) is -3.72. The molecule has 5 N–H and O–H groups in total. The molecule has 8 heteroatoms. The Morgan fingerprint density at radius 3 is 2.43 bits per heavy atom. The summed E-state index contributed by atoms with van der Waals surface area (Å²) in [5, 5.41) is 8.63. The highest BCUT2D eigenvalue weighted by Crippen LogP contribution is 2.24. The van der Waals surface area contributed by atoms with Gasteiger partial charge in [0.2, 0.25) is 10.0 Å². The Morgan fingerprint density at radius 2 is 1.73 bits per heavy atom. The van der Waals surface area contributed by atoms with Gasteiger partial charge in [-0.25, -0.2) is 18.5 Å². The van der Waals surface area contributed by atoms with Crippen LogP contribution >= 0.6 is 0 Å². The fourth-order valence-electron chi connectivity index (χ4n) is 4.18. The predicted molar refractivity (Wildman–Crippen MR) is 120 cm³/mol. The molecule has 2 atom stereocenters.